The molecule has 0 saturated carbocycles. The van der Waals surface area contributed by atoms with Gasteiger partial charge in [0.15, 0.2) is 11.5 Å². The molecular formula is C10H7NO5. The van der Waals surface area contributed by atoms with Crippen LogP contribution in [-0.2, 0) is 0 Å². The zero-order valence-electron chi connectivity index (χ0n) is 7.91. The van der Waals surface area contributed by atoms with Crippen LogP contribution in [0, 0.1) is 0 Å². The van der Waals surface area contributed by atoms with E-state index in [0.717, 1.165) is 6.07 Å². The predicted octanol–water partition coefficient (Wildman–Crippen LogP) is 1.45. The summed E-state index contributed by atoms with van der Waals surface area (Å²) in [7, 11) is 0. The second-order valence-corrected chi connectivity index (χ2v) is 3.08. The number of phenolic OH excluding ortho intramolecular Hbond substituents is 2. The van der Waals surface area contributed by atoms with E-state index in [-0.39, 0.29) is 28.5 Å². The van der Waals surface area contributed by atoms with E-state index in [9.17, 15) is 15.0 Å². The van der Waals surface area contributed by atoms with Crippen molar-refractivity contribution in [3.63, 3.8) is 0 Å². The van der Waals surface area contributed by atoms with Gasteiger partial charge in [-0.3, -0.25) is 0 Å². The second-order valence-electron chi connectivity index (χ2n) is 3.08. The summed E-state index contributed by atoms with van der Waals surface area (Å²) in [5.74, 6) is -1.35. The number of rotatable bonds is 2. The maximum absolute atomic E-state index is 10.6. The van der Waals surface area contributed by atoms with E-state index >= 15 is 0 Å². The van der Waals surface area contributed by atoms with Crippen molar-refractivity contribution in [1.82, 2.24) is 5.16 Å². The van der Waals surface area contributed by atoms with E-state index in [0.29, 0.717) is 0 Å². The molecule has 0 atom stereocenters. The normalized spacial score (nSPS) is 10.2. The van der Waals surface area contributed by atoms with Gasteiger partial charge in [-0.2, -0.15) is 0 Å². The first-order valence-corrected chi connectivity index (χ1v) is 4.30. The summed E-state index contributed by atoms with van der Waals surface area (Å²) >= 11 is 0. The molecule has 0 spiro atoms. The Labute approximate surface area is 89.4 Å². The van der Waals surface area contributed by atoms with E-state index in [1.807, 2.05) is 0 Å². The van der Waals surface area contributed by atoms with E-state index in [1.54, 1.807) is 0 Å². The number of benzene rings is 1. The van der Waals surface area contributed by atoms with E-state index < -0.39 is 5.97 Å². The van der Waals surface area contributed by atoms with Gasteiger partial charge in [-0.1, -0.05) is 5.16 Å². The van der Waals surface area contributed by atoms with Crippen molar-refractivity contribution in [3.8, 4) is 22.8 Å². The van der Waals surface area contributed by atoms with E-state index in [1.165, 1.54) is 18.2 Å². The fraction of sp³-hybridized carbons (Fsp3) is 0. The summed E-state index contributed by atoms with van der Waals surface area (Å²) in [5.41, 5.74) is -0.0854. The number of aromatic carboxylic acids is 1. The van der Waals surface area contributed by atoms with Crippen LogP contribution in [0.3, 0.4) is 0 Å². The Morgan fingerprint density at radius 1 is 1.25 bits per heavy atom. The summed E-state index contributed by atoms with van der Waals surface area (Å²) in [6.07, 6.45) is 0. The molecule has 6 heteroatoms. The van der Waals surface area contributed by atoms with Gasteiger partial charge in [-0.05, 0) is 18.2 Å². The molecule has 16 heavy (non-hydrogen) atoms. The van der Waals surface area contributed by atoms with Gasteiger partial charge in [-0.15, -0.1) is 0 Å². The third-order valence-electron chi connectivity index (χ3n) is 1.97. The van der Waals surface area contributed by atoms with Crippen molar-refractivity contribution < 1.29 is 24.6 Å². The van der Waals surface area contributed by atoms with Gasteiger partial charge >= 0.3 is 5.97 Å². The number of hydrogen-bond acceptors (Lipinski definition) is 5. The molecule has 0 fully saturated rings. The van der Waals surface area contributed by atoms with Gasteiger partial charge in [0.05, 0.1) is 5.56 Å². The Morgan fingerprint density at radius 3 is 2.62 bits per heavy atom. The molecule has 2 rings (SSSR count). The topological polar surface area (TPSA) is 104 Å². The molecule has 0 unspecified atom stereocenters. The summed E-state index contributed by atoms with van der Waals surface area (Å²) in [4.78, 5) is 10.6. The highest BCUT2D eigenvalue weighted by atomic mass is 16.5. The SMILES string of the molecule is O=C(O)c1cc(-c2cc(O)ccc2O)on1. The lowest BCUT2D eigenvalue weighted by Gasteiger charge is -1.99. The van der Waals surface area contributed by atoms with Crippen molar-refractivity contribution in [2.24, 2.45) is 0 Å². The zero-order chi connectivity index (χ0) is 11.7. The van der Waals surface area contributed by atoms with Crippen LogP contribution in [0.4, 0.5) is 0 Å². The smallest absolute Gasteiger partial charge is 0.358 e. The molecule has 0 bridgehead atoms. The van der Waals surface area contributed by atoms with Crippen molar-refractivity contribution in [1.29, 1.82) is 0 Å². The molecule has 1 aromatic carbocycles. The van der Waals surface area contributed by atoms with Crippen LogP contribution in [-0.4, -0.2) is 26.4 Å². The molecule has 6 nitrogen and oxygen atoms in total. The summed E-state index contributed by atoms with van der Waals surface area (Å²) < 4.78 is 4.75. The van der Waals surface area contributed by atoms with E-state index in [2.05, 4.69) is 5.16 Å². The summed E-state index contributed by atoms with van der Waals surface area (Å²) in [6, 6.07) is 4.99. The maximum atomic E-state index is 10.6. The molecule has 0 aliphatic heterocycles. The van der Waals surface area contributed by atoms with Gasteiger partial charge in [0, 0.05) is 6.07 Å². The largest absolute Gasteiger partial charge is 0.508 e. The first kappa shape index (κ1) is 10.0. The molecule has 0 amide bonds. The highest BCUT2D eigenvalue weighted by Crippen LogP contribution is 2.32. The molecule has 1 aromatic heterocycles. The van der Waals surface area contributed by atoms with E-state index in [4.69, 9.17) is 9.63 Å². The number of aromatic hydroxyl groups is 2. The lowest BCUT2D eigenvalue weighted by atomic mass is 10.1. The number of phenols is 2. The van der Waals surface area contributed by atoms with Crippen LogP contribution < -0.4 is 0 Å². The molecule has 82 valence electrons. The van der Waals surface area contributed by atoms with Gasteiger partial charge in [0.1, 0.15) is 11.5 Å². The standard InChI is InChI=1S/C10H7NO5/c12-5-1-2-8(13)6(3-5)9-4-7(10(14)15)11-16-9/h1-4,12-13H,(H,14,15). The highest BCUT2D eigenvalue weighted by Gasteiger charge is 2.15. The quantitative estimate of drug-likeness (QED) is 0.663. The minimum Gasteiger partial charge on any atom is -0.508 e. The van der Waals surface area contributed by atoms with Crippen LogP contribution in [0.5, 0.6) is 11.5 Å². The van der Waals surface area contributed by atoms with Crippen LogP contribution >= 0.6 is 0 Å². The molecule has 1 heterocycles. The van der Waals surface area contributed by atoms with Crippen molar-refractivity contribution in [2.45, 2.75) is 0 Å². The van der Waals surface area contributed by atoms with Gasteiger partial charge in [0.2, 0.25) is 0 Å². The molecular weight excluding hydrogens is 214 g/mol. The maximum Gasteiger partial charge on any atom is 0.358 e. The van der Waals surface area contributed by atoms with Crippen LogP contribution in [0.25, 0.3) is 11.3 Å². The Kier molecular flexibility index (Phi) is 2.24. The fourth-order valence-electron chi connectivity index (χ4n) is 1.22. The molecule has 0 saturated heterocycles. The number of aromatic nitrogens is 1. The van der Waals surface area contributed by atoms with Crippen LogP contribution in [0.15, 0.2) is 28.8 Å². The van der Waals surface area contributed by atoms with Crippen LogP contribution in [0.1, 0.15) is 10.5 Å². The molecule has 0 aliphatic carbocycles. The number of carboxylic acid groups (broad SMARTS) is 1. The Morgan fingerprint density at radius 2 is 2.00 bits per heavy atom. The van der Waals surface area contributed by atoms with Gasteiger partial charge < -0.3 is 19.8 Å². The number of hydrogen-bond donors (Lipinski definition) is 3. The molecule has 0 radical (unpaired) electrons. The Balaban J connectivity index is 2.50. The predicted molar refractivity (Wildman–Crippen MR) is 52.2 cm³/mol. The number of carbonyl (C=O) groups is 1. The molecule has 0 aliphatic rings. The minimum atomic E-state index is -1.23. The molecule has 2 aromatic rings. The minimum absolute atomic E-state index is 0.0684. The summed E-state index contributed by atoms with van der Waals surface area (Å²) in [5, 5.41) is 30.6. The molecule has 3 N–H and O–H groups in total. The average Bonchev–Trinajstić information content (AvgIpc) is 2.70. The van der Waals surface area contributed by atoms with Crippen molar-refractivity contribution >= 4 is 5.97 Å². The van der Waals surface area contributed by atoms with Gasteiger partial charge in [0.25, 0.3) is 0 Å². The fourth-order valence-corrected chi connectivity index (χ4v) is 1.22. The third kappa shape index (κ3) is 1.68. The highest BCUT2D eigenvalue weighted by molar-refractivity contribution is 5.86. The van der Waals surface area contributed by atoms with Gasteiger partial charge in [-0.25, -0.2) is 4.79 Å². The number of carboxylic acids is 1. The Hall–Kier alpha value is -2.50. The summed E-state index contributed by atoms with van der Waals surface area (Å²) in [6.45, 7) is 0. The monoisotopic (exact) mass is 221 g/mol. The average molecular weight is 221 g/mol. The van der Waals surface area contributed by atoms with Crippen LogP contribution in [0.2, 0.25) is 0 Å². The first-order chi connectivity index (χ1) is 7.58. The zero-order valence-corrected chi connectivity index (χ0v) is 7.91. The van der Waals surface area contributed by atoms with Crippen molar-refractivity contribution in [3.05, 3.63) is 30.0 Å². The third-order valence-corrected chi connectivity index (χ3v) is 1.97. The Bertz CT molecular complexity index is 546. The number of nitrogens with zero attached hydrogens (tertiary/aromatic N) is 1. The lowest BCUT2D eigenvalue weighted by Crippen LogP contribution is -1.94. The first-order valence-electron chi connectivity index (χ1n) is 4.30. The van der Waals surface area contributed by atoms with Crippen molar-refractivity contribution in [2.75, 3.05) is 0 Å². The second kappa shape index (κ2) is 3.58. The lowest BCUT2D eigenvalue weighted by molar-refractivity contribution is 0.0686.